The van der Waals surface area contributed by atoms with E-state index in [2.05, 4.69) is 4.98 Å². The molecule has 0 aliphatic carbocycles. The largest absolute Gasteiger partial charge is 0.505 e. The molecule has 0 spiro atoms. The third-order valence-corrected chi connectivity index (χ3v) is 3.83. The van der Waals surface area contributed by atoms with Gasteiger partial charge in [0.05, 0.1) is 18.4 Å². The Bertz CT molecular complexity index is 843. The summed E-state index contributed by atoms with van der Waals surface area (Å²) in [6.07, 6.45) is 2.24. The molecular weight excluding hydrogens is 302 g/mol. The minimum absolute atomic E-state index is 0.159. The van der Waals surface area contributed by atoms with Gasteiger partial charge in [-0.25, -0.2) is 4.79 Å². The van der Waals surface area contributed by atoms with Gasteiger partial charge in [-0.3, -0.25) is 4.98 Å². The number of ether oxygens (including phenoxy) is 1. The van der Waals surface area contributed by atoms with E-state index in [0.29, 0.717) is 23.2 Å². The highest BCUT2D eigenvalue weighted by molar-refractivity contribution is 5.90. The van der Waals surface area contributed by atoms with Gasteiger partial charge in [-0.15, -0.1) is 0 Å². The molecular formula is C20H17NO3. The summed E-state index contributed by atoms with van der Waals surface area (Å²) in [7, 11) is 1.35. The molecule has 120 valence electrons. The van der Waals surface area contributed by atoms with Crippen molar-refractivity contribution in [3.8, 4) is 16.9 Å². The van der Waals surface area contributed by atoms with Gasteiger partial charge < -0.3 is 9.84 Å². The first-order chi connectivity index (χ1) is 11.7. The van der Waals surface area contributed by atoms with Gasteiger partial charge in [0, 0.05) is 18.2 Å². The summed E-state index contributed by atoms with van der Waals surface area (Å²) in [5.74, 6) is -0.225. The summed E-state index contributed by atoms with van der Waals surface area (Å²) in [6, 6.07) is 18.6. The first-order valence-electron chi connectivity index (χ1n) is 7.58. The molecule has 1 heterocycles. The molecule has 0 aliphatic heterocycles. The van der Waals surface area contributed by atoms with E-state index < -0.39 is 0 Å². The van der Waals surface area contributed by atoms with Crippen LogP contribution in [0, 0.1) is 0 Å². The van der Waals surface area contributed by atoms with Gasteiger partial charge in [0.25, 0.3) is 0 Å². The summed E-state index contributed by atoms with van der Waals surface area (Å²) >= 11 is 0. The van der Waals surface area contributed by atoms with Crippen LogP contribution in [0.1, 0.15) is 21.6 Å². The number of carbonyl (C=O) groups is 1. The van der Waals surface area contributed by atoms with E-state index in [4.69, 9.17) is 4.74 Å². The summed E-state index contributed by atoms with van der Waals surface area (Å²) in [5, 5.41) is 10.6. The number of hydrogen-bond donors (Lipinski definition) is 1. The SMILES string of the molecule is COC(=O)c1ccc(-c2ccnc(Cc3ccccc3)c2O)cc1. The lowest BCUT2D eigenvalue weighted by Gasteiger charge is -2.10. The molecule has 3 aromatic rings. The maximum atomic E-state index is 11.5. The van der Waals surface area contributed by atoms with E-state index in [1.807, 2.05) is 30.3 Å². The first kappa shape index (κ1) is 15.7. The van der Waals surface area contributed by atoms with Crippen LogP contribution < -0.4 is 0 Å². The number of pyridine rings is 1. The average molecular weight is 319 g/mol. The minimum atomic E-state index is -0.384. The monoisotopic (exact) mass is 319 g/mol. The summed E-state index contributed by atoms with van der Waals surface area (Å²) in [4.78, 5) is 15.8. The molecule has 24 heavy (non-hydrogen) atoms. The highest BCUT2D eigenvalue weighted by atomic mass is 16.5. The molecule has 1 N–H and O–H groups in total. The van der Waals surface area contributed by atoms with Crippen LogP contribution in [0.5, 0.6) is 5.75 Å². The molecule has 3 rings (SSSR count). The second-order valence-corrected chi connectivity index (χ2v) is 5.39. The number of aromatic hydroxyl groups is 1. The second kappa shape index (κ2) is 6.96. The molecule has 0 aliphatic rings. The lowest BCUT2D eigenvalue weighted by Crippen LogP contribution is -2.00. The van der Waals surface area contributed by atoms with E-state index in [9.17, 15) is 9.90 Å². The zero-order chi connectivity index (χ0) is 16.9. The number of carbonyl (C=O) groups excluding carboxylic acids is 1. The van der Waals surface area contributed by atoms with Crippen LogP contribution in [0.25, 0.3) is 11.1 Å². The Balaban J connectivity index is 1.92. The maximum absolute atomic E-state index is 11.5. The van der Waals surface area contributed by atoms with Crippen molar-refractivity contribution in [2.45, 2.75) is 6.42 Å². The number of aromatic nitrogens is 1. The molecule has 2 aromatic carbocycles. The molecule has 0 saturated heterocycles. The maximum Gasteiger partial charge on any atom is 0.337 e. The molecule has 1 aromatic heterocycles. The first-order valence-corrected chi connectivity index (χ1v) is 7.58. The summed E-state index contributed by atoms with van der Waals surface area (Å²) < 4.78 is 4.69. The van der Waals surface area contributed by atoms with E-state index in [-0.39, 0.29) is 11.7 Å². The second-order valence-electron chi connectivity index (χ2n) is 5.39. The van der Waals surface area contributed by atoms with E-state index in [1.165, 1.54) is 7.11 Å². The average Bonchev–Trinajstić information content (AvgIpc) is 2.64. The number of methoxy groups -OCH3 is 1. The van der Waals surface area contributed by atoms with Crippen LogP contribution in [-0.2, 0) is 11.2 Å². The molecule has 0 amide bonds. The Morgan fingerprint density at radius 3 is 2.42 bits per heavy atom. The van der Waals surface area contributed by atoms with Crippen molar-refractivity contribution in [2.24, 2.45) is 0 Å². The lowest BCUT2D eigenvalue weighted by atomic mass is 10.0. The van der Waals surface area contributed by atoms with Gasteiger partial charge >= 0.3 is 5.97 Å². The van der Waals surface area contributed by atoms with Gasteiger partial charge in [0.2, 0.25) is 0 Å². The Kier molecular flexibility index (Phi) is 4.57. The molecule has 0 atom stereocenters. The van der Waals surface area contributed by atoms with Crippen molar-refractivity contribution in [1.29, 1.82) is 0 Å². The zero-order valence-corrected chi connectivity index (χ0v) is 13.3. The lowest BCUT2D eigenvalue weighted by molar-refractivity contribution is 0.0601. The Morgan fingerprint density at radius 1 is 1.04 bits per heavy atom. The smallest absolute Gasteiger partial charge is 0.337 e. The van der Waals surface area contributed by atoms with E-state index >= 15 is 0 Å². The molecule has 4 nitrogen and oxygen atoms in total. The number of benzene rings is 2. The topological polar surface area (TPSA) is 59.4 Å². The zero-order valence-electron chi connectivity index (χ0n) is 13.3. The van der Waals surface area contributed by atoms with Crippen molar-refractivity contribution in [1.82, 2.24) is 4.98 Å². The molecule has 0 bridgehead atoms. The van der Waals surface area contributed by atoms with Crippen LogP contribution in [0.4, 0.5) is 0 Å². The van der Waals surface area contributed by atoms with Crippen molar-refractivity contribution < 1.29 is 14.6 Å². The fourth-order valence-electron chi connectivity index (χ4n) is 2.55. The van der Waals surface area contributed by atoms with Gasteiger partial charge in [0.1, 0.15) is 5.75 Å². The van der Waals surface area contributed by atoms with Crippen LogP contribution in [0.2, 0.25) is 0 Å². The highest BCUT2D eigenvalue weighted by Gasteiger charge is 2.12. The number of rotatable bonds is 4. The third kappa shape index (κ3) is 3.27. The molecule has 0 saturated carbocycles. The van der Waals surface area contributed by atoms with Gasteiger partial charge in [0.15, 0.2) is 0 Å². The normalized spacial score (nSPS) is 10.4. The highest BCUT2D eigenvalue weighted by Crippen LogP contribution is 2.32. The van der Waals surface area contributed by atoms with Crippen molar-refractivity contribution in [2.75, 3.05) is 7.11 Å². The fourth-order valence-corrected chi connectivity index (χ4v) is 2.55. The Labute approximate surface area is 140 Å². The quantitative estimate of drug-likeness (QED) is 0.742. The van der Waals surface area contributed by atoms with Crippen LogP contribution >= 0.6 is 0 Å². The van der Waals surface area contributed by atoms with E-state index in [1.54, 1.807) is 36.5 Å². The van der Waals surface area contributed by atoms with Crippen LogP contribution in [0.3, 0.4) is 0 Å². The van der Waals surface area contributed by atoms with Crippen LogP contribution in [0.15, 0.2) is 66.9 Å². The predicted octanol–water partition coefficient (Wildman–Crippen LogP) is 3.83. The van der Waals surface area contributed by atoms with Crippen molar-refractivity contribution >= 4 is 5.97 Å². The van der Waals surface area contributed by atoms with Gasteiger partial charge in [-0.05, 0) is 29.3 Å². The molecule has 0 unspecified atom stereocenters. The Morgan fingerprint density at radius 2 is 1.75 bits per heavy atom. The Hall–Kier alpha value is -3.14. The summed E-state index contributed by atoms with van der Waals surface area (Å²) in [5.41, 5.74) is 3.68. The standard InChI is InChI=1S/C20H17NO3/c1-24-20(23)16-9-7-15(8-10-16)17-11-12-21-18(19(17)22)13-14-5-3-2-4-6-14/h2-12,22H,13H2,1H3. The number of esters is 1. The molecule has 0 radical (unpaired) electrons. The predicted molar refractivity (Wildman–Crippen MR) is 91.9 cm³/mol. The summed E-state index contributed by atoms with van der Waals surface area (Å²) in [6.45, 7) is 0. The molecule has 4 heteroatoms. The van der Waals surface area contributed by atoms with Crippen molar-refractivity contribution in [3.05, 3.63) is 83.7 Å². The van der Waals surface area contributed by atoms with Crippen molar-refractivity contribution in [3.63, 3.8) is 0 Å². The van der Waals surface area contributed by atoms with Gasteiger partial charge in [-0.2, -0.15) is 0 Å². The third-order valence-electron chi connectivity index (χ3n) is 3.83. The number of hydrogen-bond acceptors (Lipinski definition) is 4. The fraction of sp³-hybridized carbons (Fsp3) is 0.100. The molecule has 0 fully saturated rings. The van der Waals surface area contributed by atoms with E-state index in [0.717, 1.165) is 11.1 Å². The van der Waals surface area contributed by atoms with Gasteiger partial charge in [-0.1, -0.05) is 42.5 Å². The minimum Gasteiger partial charge on any atom is -0.505 e. The van der Waals surface area contributed by atoms with Crippen LogP contribution in [-0.4, -0.2) is 23.2 Å². The number of nitrogens with zero attached hydrogens (tertiary/aromatic N) is 1.